The Morgan fingerprint density at radius 2 is 1.97 bits per heavy atom. The molecule has 0 unspecified atom stereocenters. The summed E-state index contributed by atoms with van der Waals surface area (Å²) in [6, 6.07) is 22.4. The van der Waals surface area contributed by atoms with E-state index in [0.29, 0.717) is 38.3 Å². The smallest absolute Gasteiger partial charge is 0.246 e. The van der Waals surface area contributed by atoms with Crippen LogP contribution in [-0.2, 0) is 29.1 Å². The van der Waals surface area contributed by atoms with Crippen LogP contribution in [0.25, 0.3) is 10.2 Å². The number of rotatable bonds is 8. The molecule has 1 N–H and O–H groups in total. The van der Waals surface area contributed by atoms with Crippen molar-refractivity contribution >= 4 is 33.1 Å². The molecule has 2 aromatic carbocycles. The van der Waals surface area contributed by atoms with E-state index in [1.165, 1.54) is 6.08 Å². The van der Waals surface area contributed by atoms with E-state index in [1.54, 1.807) is 22.4 Å². The number of nitrogens with zero attached hydrogens (tertiary/aromatic N) is 3. The summed E-state index contributed by atoms with van der Waals surface area (Å²) in [6.45, 7) is 5.70. The summed E-state index contributed by atoms with van der Waals surface area (Å²) in [6.07, 6.45) is 3.70. The summed E-state index contributed by atoms with van der Waals surface area (Å²) in [5.41, 5.74) is 4.62. The number of hydrogen-bond donors (Lipinski definition) is 1. The molecule has 36 heavy (non-hydrogen) atoms. The molecule has 3 heterocycles. The minimum atomic E-state index is -0.161. The van der Waals surface area contributed by atoms with E-state index in [2.05, 4.69) is 35.1 Å². The van der Waals surface area contributed by atoms with Crippen molar-refractivity contribution in [3.63, 3.8) is 0 Å². The number of nitriles is 1. The van der Waals surface area contributed by atoms with Gasteiger partial charge in [0.25, 0.3) is 0 Å². The average Bonchev–Trinajstić information content (AvgIpc) is 3.31. The zero-order valence-electron chi connectivity index (χ0n) is 19.8. The minimum Gasteiger partial charge on any atom is -0.374 e. The number of fused-ring (bicyclic) bond motifs is 3. The highest BCUT2D eigenvalue weighted by Crippen LogP contribution is 2.40. The number of thiophene rings is 1. The molecule has 0 saturated carbocycles. The molecule has 1 aliphatic rings. The minimum absolute atomic E-state index is 0.0677. The number of hydrogen-bond acceptors (Lipinski definition) is 6. The van der Waals surface area contributed by atoms with Crippen LogP contribution in [0.15, 0.2) is 79.5 Å². The van der Waals surface area contributed by atoms with E-state index in [-0.39, 0.29) is 11.9 Å². The number of pyridine rings is 1. The third-order valence-corrected chi connectivity index (χ3v) is 7.52. The lowest BCUT2D eigenvalue weighted by Crippen LogP contribution is -2.34. The van der Waals surface area contributed by atoms with Crippen LogP contribution in [-0.4, -0.2) is 28.9 Å². The van der Waals surface area contributed by atoms with Crippen molar-refractivity contribution in [2.24, 2.45) is 0 Å². The van der Waals surface area contributed by atoms with Crippen LogP contribution >= 0.6 is 11.3 Å². The van der Waals surface area contributed by atoms with Crippen molar-refractivity contribution in [2.45, 2.75) is 25.6 Å². The van der Waals surface area contributed by atoms with Gasteiger partial charge in [-0.2, -0.15) is 5.26 Å². The highest BCUT2D eigenvalue weighted by molar-refractivity contribution is 7.19. The summed E-state index contributed by atoms with van der Waals surface area (Å²) in [7, 11) is 0. The summed E-state index contributed by atoms with van der Waals surface area (Å²) < 4.78 is 6.13. The third-order valence-electron chi connectivity index (χ3n) is 6.39. The monoisotopic (exact) mass is 494 g/mol. The molecule has 1 amide bonds. The Morgan fingerprint density at radius 1 is 1.22 bits per heavy atom. The fourth-order valence-corrected chi connectivity index (χ4v) is 5.78. The van der Waals surface area contributed by atoms with Gasteiger partial charge in [-0.05, 0) is 29.2 Å². The lowest BCUT2D eigenvalue weighted by molar-refractivity contribution is -0.126. The molecular formula is C29H26N4O2S. The predicted octanol–water partition coefficient (Wildman–Crippen LogP) is 5.61. The van der Waals surface area contributed by atoms with Gasteiger partial charge in [-0.3, -0.25) is 4.79 Å². The van der Waals surface area contributed by atoms with Gasteiger partial charge in [-0.25, -0.2) is 4.98 Å². The Bertz CT molecular complexity index is 1430. The largest absolute Gasteiger partial charge is 0.374 e. The maximum atomic E-state index is 12.2. The maximum absolute atomic E-state index is 12.2. The molecule has 2 aromatic heterocycles. The lowest BCUT2D eigenvalue weighted by atomic mass is 10.0. The number of carbonyl (C=O) groups is 1. The molecule has 1 aliphatic heterocycles. The molecule has 4 aromatic rings. The summed E-state index contributed by atoms with van der Waals surface area (Å²) in [5.74, 6) is -0.0677. The molecule has 0 aliphatic carbocycles. The first-order chi connectivity index (χ1) is 17.7. The maximum Gasteiger partial charge on any atom is 0.246 e. The van der Waals surface area contributed by atoms with Gasteiger partial charge in [-0.15, -0.1) is 11.3 Å². The molecule has 0 saturated heterocycles. The summed E-state index contributed by atoms with van der Waals surface area (Å²) >= 11 is 1.58. The van der Waals surface area contributed by atoms with E-state index in [9.17, 15) is 10.1 Å². The molecule has 180 valence electrons. The number of ether oxygens (including phenoxy) is 1. The molecule has 1 atom stereocenters. The van der Waals surface area contributed by atoms with Crippen molar-refractivity contribution in [1.82, 2.24) is 9.88 Å². The Labute approximate surface area is 214 Å². The fraction of sp³-hybridized carbons (Fsp3) is 0.207. The van der Waals surface area contributed by atoms with Gasteiger partial charge in [0.2, 0.25) is 5.91 Å². The second-order valence-electron chi connectivity index (χ2n) is 8.66. The van der Waals surface area contributed by atoms with E-state index >= 15 is 0 Å². The first kappa shape index (κ1) is 23.7. The first-order valence-electron chi connectivity index (χ1n) is 11.9. The standard InChI is InChI=1S/C29H26N4O2S/c1-2-26(34)33-14-13-23-25(17-33)36-29-27(23)28(22(15-30)16-31-29)32-24(21-11-7-4-8-12-21)19-35-18-20-9-5-3-6-10-20/h2-12,16,24H,1,13-14,17-19H2,(H,31,32)/t24-/m1/s1. The normalized spacial score (nSPS) is 13.6. The van der Waals surface area contributed by atoms with Crippen LogP contribution in [0.1, 0.15) is 33.2 Å². The average molecular weight is 495 g/mol. The zero-order valence-corrected chi connectivity index (χ0v) is 20.6. The first-order valence-corrected chi connectivity index (χ1v) is 12.7. The summed E-state index contributed by atoms with van der Waals surface area (Å²) in [4.78, 5) is 20.6. The van der Waals surface area contributed by atoms with Crippen LogP contribution in [0.3, 0.4) is 0 Å². The van der Waals surface area contributed by atoms with Gasteiger partial charge in [0.05, 0.1) is 37.1 Å². The van der Waals surface area contributed by atoms with Crippen molar-refractivity contribution in [3.8, 4) is 6.07 Å². The molecule has 0 fully saturated rings. The van der Waals surface area contributed by atoms with E-state index in [1.807, 2.05) is 48.5 Å². The quantitative estimate of drug-likeness (QED) is 0.322. The molecule has 6 nitrogen and oxygen atoms in total. The highest BCUT2D eigenvalue weighted by Gasteiger charge is 2.27. The molecule has 5 rings (SSSR count). The van der Waals surface area contributed by atoms with E-state index in [4.69, 9.17) is 4.74 Å². The lowest BCUT2D eigenvalue weighted by Gasteiger charge is -2.26. The zero-order chi connectivity index (χ0) is 24.9. The Morgan fingerprint density at radius 3 is 2.69 bits per heavy atom. The van der Waals surface area contributed by atoms with Crippen molar-refractivity contribution in [1.29, 1.82) is 5.26 Å². The van der Waals surface area contributed by atoms with Gasteiger partial charge in [-0.1, -0.05) is 67.2 Å². The predicted molar refractivity (Wildman–Crippen MR) is 143 cm³/mol. The van der Waals surface area contributed by atoms with E-state index in [0.717, 1.165) is 37.5 Å². The molecular weight excluding hydrogens is 468 g/mol. The SMILES string of the molecule is C=CC(=O)N1CCc2c(sc3ncc(C#N)c(N[C@H](COCc4ccccc4)c4ccccc4)c23)C1. The Hall–Kier alpha value is -3.99. The second-order valence-corrected chi connectivity index (χ2v) is 9.75. The number of carbonyl (C=O) groups excluding carboxylic acids is 1. The van der Waals surface area contributed by atoms with Crippen LogP contribution in [0.2, 0.25) is 0 Å². The topological polar surface area (TPSA) is 78.2 Å². The second kappa shape index (κ2) is 10.7. The molecule has 7 heteroatoms. The van der Waals surface area contributed by atoms with Crippen LogP contribution in [0.4, 0.5) is 5.69 Å². The van der Waals surface area contributed by atoms with Crippen LogP contribution in [0.5, 0.6) is 0 Å². The van der Waals surface area contributed by atoms with Gasteiger partial charge in [0.1, 0.15) is 10.9 Å². The van der Waals surface area contributed by atoms with Crippen LogP contribution < -0.4 is 5.32 Å². The highest BCUT2D eigenvalue weighted by atomic mass is 32.1. The number of amides is 1. The number of aromatic nitrogens is 1. The third kappa shape index (κ3) is 4.87. The van der Waals surface area contributed by atoms with Crippen molar-refractivity contribution < 1.29 is 9.53 Å². The van der Waals surface area contributed by atoms with Gasteiger partial charge in [0.15, 0.2) is 0 Å². The van der Waals surface area contributed by atoms with Gasteiger partial charge >= 0.3 is 0 Å². The van der Waals surface area contributed by atoms with Gasteiger partial charge in [0, 0.05) is 23.0 Å². The Balaban J connectivity index is 1.48. The Kier molecular flexibility index (Phi) is 7.08. The number of nitrogens with one attached hydrogen (secondary N) is 1. The molecule has 0 spiro atoms. The molecule has 0 bridgehead atoms. The van der Waals surface area contributed by atoms with Crippen molar-refractivity contribution in [3.05, 3.63) is 107 Å². The fourth-order valence-electron chi connectivity index (χ4n) is 4.56. The number of anilines is 1. The van der Waals surface area contributed by atoms with Crippen molar-refractivity contribution in [2.75, 3.05) is 18.5 Å². The van der Waals surface area contributed by atoms with E-state index < -0.39 is 0 Å². The number of benzene rings is 2. The van der Waals surface area contributed by atoms with Gasteiger partial charge < -0.3 is 15.0 Å². The van der Waals surface area contributed by atoms with Crippen LogP contribution in [0, 0.1) is 11.3 Å². The molecule has 0 radical (unpaired) electrons. The summed E-state index contributed by atoms with van der Waals surface area (Å²) in [5, 5.41) is 14.6.